The summed E-state index contributed by atoms with van der Waals surface area (Å²) in [5.74, 6) is -0.452. The number of methoxy groups -OCH3 is 1. The van der Waals surface area contributed by atoms with Gasteiger partial charge in [0.05, 0.1) is 28.1 Å². The Hall–Kier alpha value is -3.44. The second kappa shape index (κ2) is 10.9. The number of amides is 2. The Kier molecular flexibility index (Phi) is 7.67. The standard InChI is InChI=1S/C26H19Cl2N3O3S/c1-34-21-13-6-5-12-20(21)30-24(32)18(15-29)26-31(17-9-3-2-4-10-17)25(33)22(35-26)14-16-8-7-11-19(27)23(16)28/h2-13,22H,14H2,1H3,(H,30,32)/b26-18-. The molecule has 35 heavy (non-hydrogen) atoms. The largest absolute Gasteiger partial charge is 0.495 e. The number of thioether (sulfide) groups is 1. The molecule has 1 fully saturated rings. The zero-order valence-electron chi connectivity index (χ0n) is 18.5. The Morgan fingerprint density at radius 2 is 1.80 bits per heavy atom. The Morgan fingerprint density at radius 1 is 1.09 bits per heavy atom. The maximum atomic E-state index is 13.6. The molecule has 0 aliphatic carbocycles. The van der Waals surface area contributed by atoms with Crippen LogP contribution in [0.15, 0.2) is 83.4 Å². The second-order valence-corrected chi connectivity index (χ2v) is 9.46. The number of hydrogen-bond acceptors (Lipinski definition) is 5. The number of carbonyl (C=O) groups excluding carboxylic acids is 2. The van der Waals surface area contributed by atoms with Gasteiger partial charge in [0.1, 0.15) is 22.4 Å². The molecule has 0 bridgehead atoms. The van der Waals surface area contributed by atoms with Gasteiger partial charge in [-0.1, -0.05) is 77.4 Å². The first-order chi connectivity index (χ1) is 16.9. The van der Waals surface area contributed by atoms with Crippen molar-refractivity contribution >= 4 is 58.2 Å². The molecule has 0 radical (unpaired) electrons. The van der Waals surface area contributed by atoms with E-state index in [-0.39, 0.29) is 22.9 Å². The maximum Gasteiger partial charge on any atom is 0.269 e. The van der Waals surface area contributed by atoms with E-state index in [9.17, 15) is 14.9 Å². The summed E-state index contributed by atoms with van der Waals surface area (Å²) in [5.41, 5.74) is 1.49. The third-order valence-electron chi connectivity index (χ3n) is 5.31. The first-order valence-corrected chi connectivity index (χ1v) is 12.2. The van der Waals surface area contributed by atoms with E-state index in [2.05, 4.69) is 5.32 Å². The number of halogens is 2. The molecule has 3 aromatic rings. The van der Waals surface area contributed by atoms with Crippen molar-refractivity contribution in [2.45, 2.75) is 11.7 Å². The minimum absolute atomic E-state index is 0.183. The van der Waals surface area contributed by atoms with Gasteiger partial charge in [-0.3, -0.25) is 14.5 Å². The Bertz CT molecular complexity index is 1360. The quantitative estimate of drug-likeness (QED) is 0.313. The topological polar surface area (TPSA) is 82.4 Å². The van der Waals surface area contributed by atoms with Crippen LogP contribution in [0.4, 0.5) is 11.4 Å². The van der Waals surface area contributed by atoms with Gasteiger partial charge in [0, 0.05) is 5.69 Å². The number of carbonyl (C=O) groups is 2. The highest BCUT2D eigenvalue weighted by Crippen LogP contribution is 2.43. The van der Waals surface area contributed by atoms with Gasteiger partial charge in [0.15, 0.2) is 0 Å². The average Bonchev–Trinajstić information content (AvgIpc) is 3.18. The molecule has 1 aliphatic rings. The molecule has 1 saturated heterocycles. The highest BCUT2D eigenvalue weighted by atomic mass is 35.5. The number of rotatable bonds is 6. The molecule has 9 heteroatoms. The summed E-state index contributed by atoms with van der Waals surface area (Å²) in [5, 5.41) is 13.1. The molecule has 6 nitrogen and oxygen atoms in total. The van der Waals surface area contributed by atoms with E-state index in [1.165, 1.54) is 12.0 Å². The summed E-state index contributed by atoms with van der Waals surface area (Å²) < 4.78 is 5.29. The van der Waals surface area contributed by atoms with Gasteiger partial charge in [0.25, 0.3) is 5.91 Å². The third-order valence-corrected chi connectivity index (χ3v) is 7.43. The van der Waals surface area contributed by atoms with Crippen LogP contribution in [0.2, 0.25) is 10.0 Å². The molecule has 0 saturated carbocycles. The van der Waals surface area contributed by atoms with E-state index in [0.29, 0.717) is 32.7 Å². The number of nitrogens with zero attached hydrogens (tertiary/aromatic N) is 2. The number of benzene rings is 3. The number of nitrogens with one attached hydrogen (secondary N) is 1. The van der Waals surface area contributed by atoms with Gasteiger partial charge < -0.3 is 10.1 Å². The van der Waals surface area contributed by atoms with E-state index in [4.69, 9.17) is 27.9 Å². The molecular formula is C26H19Cl2N3O3S. The van der Waals surface area contributed by atoms with Crippen LogP contribution in [0.25, 0.3) is 0 Å². The highest BCUT2D eigenvalue weighted by molar-refractivity contribution is 8.05. The van der Waals surface area contributed by atoms with E-state index < -0.39 is 11.2 Å². The van der Waals surface area contributed by atoms with Crippen LogP contribution in [0.3, 0.4) is 0 Å². The molecule has 1 heterocycles. The van der Waals surface area contributed by atoms with Crippen molar-refractivity contribution in [3.05, 3.63) is 99.0 Å². The minimum Gasteiger partial charge on any atom is -0.495 e. The fourth-order valence-corrected chi connectivity index (χ4v) is 5.33. The van der Waals surface area contributed by atoms with Crippen molar-refractivity contribution in [2.24, 2.45) is 0 Å². The van der Waals surface area contributed by atoms with Gasteiger partial charge in [-0.05, 0) is 42.3 Å². The molecule has 2 amide bonds. The summed E-state index contributed by atoms with van der Waals surface area (Å²) in [6.45, 7) is 0. The number of hydrogen-bond donors (Lipinski definition) is 1. The molecule has 1 unspecified atom stereocenters. The van der Waals surface area contributed by atoms with Crippen LogP contribution in [0.1, 0.15) is 5.56 Å². The minimum atomic E-state index is -0.644. The fourth-order valence-electron chi connectivity index (χ4n) is 3.64. The van der Waals surface area contributed by atoms with E-state index in [1.54, 1.807) is 66.7 Å². The van der Waals surface area contributed by atoms with E-state index in [0.717, 1.165) is 11.8 Å². The normalized spacial score (nSPS) is 16.6. The smallest absolute Gasteiger partial charge is 0.269 e. The maximum absolute atomic E-state index is 13.6. The van der Waals surface area contributed by atoms with Gasteiger partial charge in [-0.25, -0.2) is 0 Å². The van der Waals surface area contributed by atoms with Crippen LogP contribution in [0, 0.1) is 11.3 Å². The molecule has 176 valence electrons. The average molecular weight is 524 g/mol. The molecule has 3 aromatic carbocycles. The fraction of sp³-hybridized carbons (Fsp3) is 0.115. The lowest BCUT2D eigenvalue weighted by Crippen LogP contribution is -2.31. The lowest BCUT2D eigenvalue weighted by Gasteiger charge is -2.19. The van der Waals surface area contributed by atoms with Gasteiger partial charge >= 0.3 is 0 Å². The number of para-hydroxylation sites is 3. The van der Waals surface area contributed by atoms with Crippen LogP contribution < -0.4 is 15.0 Å². The third kappa shape index (κ3) is 5.15. The Morgan fingerprint density at radius 3 is 2.51 bits per heavy atom. The van der Waals surface area contributed by atoms with Crippen molar-refractivity contribution in [2.75, 3.05) is 17.3 Å². The SMILES string of the molecule is COc1ccccc1NC(=O)/C(C#N)=C1\SC(Cc2cccc(Cl)c2Cl)C(=O)N1c1ccccc1. The molecule has 4 rings (SSSR count). The van der Waals surface area contributed by atoms with Crippen molar-refractivity contribution in [3.8, 4) is 11.8 Å². The summed E-state index contributed by atoms with van der Waals surface area (Å²) in [7, 11) is 1.49. The summed E-state index contributed by atoms with van der Waals surface area (Å²) in [6.07, 6.45) is 0.280. The highest BCUT2D eigenvalue weighted by Gasteiger charge is 2.41. The zero-order valence-corrected chi connectivity index (χ0v) is 20.8. The second-order valence-electron chi connectivity index (χ2n) is 7.48. The van der Waals surface area contributed by atoms with Gasteiger partial charge in [-0.15, -0.1) is 0 Å². The van der Waals surface area contributed by atoms with Crippen LogP contribution in [-0.2, 0) is 16.0 Å². The molecule has 0 spiro atoms. The molecule has 1 N–H and O–H groups in total. The Balaban J connectivity index is 1.74. The van der Waals surface area contributed by atoms with Crippen molar-refractivity contribution in [3.63, 3.8) is 0 Å². The van der Waals surface area contributed by atoms with E-state index in [1.807, 2.05) is 12.1 Å². The summed E-state index contributed by atoms with van der Waals surface area (Å²) in [6, 6.07) is 23.0. The predicted octanol–water partition coefficient (Wildman–Crippen LogP) is 6.07. The van der Waals surface area contributed by atoms with Crippen molar-refractivity contribution in [1.82, 2.24) is 0 Å². The van der Waals surface area contributed by atoms with Crippen LogP contribution in [0.5, 0.6) is 5.75 Å². The Labute approximate surface area is 217 Å². The first kappa shape index (κ1) is 24.7. The number of ether oxygens (including phenoxy) is 1. The molecule has 0 aromatic heterocycles. The molecular weight excluding hydrogens is 505 g/mol. The lowest BCUT2D eigenvalue weighted by atomic mass is 10.1. The predicted molar refractivity (Wildman–Crippen MR) is 140 cm³/mol. The van der Waals surface area contributed by atoms with Gasteiger partial charge in [-0.2, -0.15) is 5.26 Å². The lowest BCUT2D eigenvalue weighted by molar-refractivity contribution is -0.117. The van der Waals surface area contributed by atoms with Crippen molar-refractivity contribution < 1.29 is 14.3 Å². The van der Waals surface area contributed by atoms with Crippen LogP contribution in [-0.4, -0.2) is 24.2 Å². The first-order valence-electron chi connectivity index (χ1n) is 10.5. The number of nitriles is 1. The molecule has 1 aliphatic heterocycles. The zero-order chi connectivity index (χ0) is 24.9. The van der Waals surface area contributed by atoms with Gasteiger partial charge in [0.2, 0.25) is 5.91 Å². The summed E-state index contributed by atoms with van der Waals surface area (Å²) >= 11 is 13.7. The van der Waals surface area contributed by atoms with E-state index >= 15 is 0 Å². The summed E-state index contributed by atoms with van der Waals surface area (Å²) in [4.78, 5) is 28.2. The molecule has 1 atom stereocenters. The monoisotopic (exact) mass is 523 g/mol. The number of anilines is 2. The van der Waals surface area contributed by atoms with Crippen LogP contribution >= 0.6 is 35.0 Å². The van der Waals surface area contributed by atoms with Crippen molar-refractivity contribution in [1.29, 1.82) is 5.26 Å².